The molecule has 0 aliphatic heterocycles. The maximum Gasteiger partial charge on any atom is 0.297 e. The quantitative estimate of drug-likeness (QED) is 0.590. The van der Waals surface area contributed by atoms with E-state index in [-0.39, 0.29) is 23.9 Å². The molecule has 27 heavy (non-hydrogen) atoms. The van der Waals surface area contributed by atoms with Crippen molar-refractivity contribution in [2.75, 3.05) is 6.54 Å². The van der Waals surface area contributed by atoms with E-state index in [1.807, 2.05) is 18.2 Å². The van der Waals surface area contributed by atoms with Gasteiger partial charge >= 0.3 is 0 Å². The molecule has 0 saturated heterocycles. The Morgan fingerprint density at radius 3 is 2.74 bits per heavy atom. The first-order valence-electron chi connectivity index (χ1n) is 8.49. The average molecular weight is 365 g/mol. The number of rotatable bonds is 5. The first-order chi connectivity index (χ1) is 13.1. The van der Waals surface area contributed by atoms with E-state index >= 15 is 0 Å². The number of aromatic nitrogens is 2. The highest BCUT2D eigenvalue weighted by atomic mass is 19.1. The summed E-state index contributed by atoms with van der Waals surface area (Å²) in [6.45, 7) is 0.238. The molecule has 136 valence electrons. The molecule has 0 aliphatic carbocycles. The number of para-hydroxylation sites is 1. The van der Waals surface area contributed by atoms with Crippen molar-refractivity contribution in [2.45, 2.75) is 13.0 Å². The van der Waals surface area contributed by atoms with Gasteiger partial charge in [-0.25, -0.2) is 9.37 Å². The lowest BCUT2D eigenvalue weighted by Gasteiger charge is -2.07. The zero-order valence-corrected chi connectivity index (χ0v) is 14.3. The highest BCUT2D eigenvalue weighted by Crippen LogP contribution is 2.23. The van der Waals surface area contributed by atoms with Crippen LogP contribution in [0.25, 0.3) is 22.1 Å². The second kappa shape index (κ2) is 7.03. The van der Waals surface area contributed by atoms with E-state index < -0.39 is 5.56 Å². The molecule has 0 saturated carbocycles. The van der Waals surface area contributed by atoms with Gasteiger partial charge in [-0.15, -0.1) is 0 Å². The summed E-state index contributed by atoms with van der Waals surface area (Å²) in [5.41, 5.74) is 1.73. The predicted molar refractivity (Wildman–Crippen MR) is 98.9 cm³/mol. The summed E-state index contributed by atoms with van der Waals surface area (Å²) in [7, 11) is 0. The van der Waals surface area contributed by atoms with E-state index in [1.54, 1.807) is 18.2 Å². The Kier molecular flexibility index (Phi) is 4.42. The van der Waals surface area contributed by atoms with Gasteiger partial charge in [0.05, 0.1) is 6.33 Å². The number of hydrogen-bond acceptors (Lipinski definition) is 4. The van der Waals surface area contributed by atoms with Crippen molar-refractivity contribution in [1.29, 1.82) is 0 Å². The smallest absolute Gasteiger partial charge is 0.297 e. The Bertz CT molecular complexity index is 1180. The van der Waals surface area contributed by atoms with Crippen molar-refractivity contribution in [3.8, 4) is 0 Å². The molecule has 2 heterocycles. The number of benzene rings is 2. The van der Waals surface area contributed by atoms with Crippen LogP contribution < -0.4 is 10.9 Å². The maximum atomic E-state index is 12.9. The number of furan rings is 1. The van der Waals surface area contributed by atoms with E-state index in [2.05, 4.69) is 10.3 Å². The number of amides is 1. The van der Waals surface area contributed by atoms with Crippen molar-refractivity contribution >= 4 is 28.0 Å². The lowest BCUT2D eigenvalue weighted by Crippen LogP contribution is -2.33. The zero-order chi connectivity index (χ0) is 18.8. The fourth-order valence-electron chi connectivity index (χ4n) is 2.94. The van der Waals surface area contributed by atoms with E-state index in [1.165, 1.54) is 23.0 Å². The summed E-state index contributed by atoms with van der Waals surface area (Å²) in [5.74, 6) is -0.605. The van der Waals surface area contributed by atoms with Crippen LogP contribution in [-0.2, 0) is 17.8 Å². The van der Waals surface area contributed by atoms with Gasteiger partial charge in [-0.05, 0) is 36.2 Å². The third-order valence-corrected chi connectivity index (χ3v) is 4.31. The second-order valence-corrected chi connectivity index (χ2v) is 6.18. The molecule has 0 bridgehead atoms. The molecule has 6 nitrogen and oxygen atoms in total. The third-order valence-electron chi connectivity index (χ3n) is 4.31. The van der Waals surface area contributed by atoms with Crippen molar-refractivity contribution in [3.05, 3.63) is 76.6 Å². The van der Waals surface area contributed by atoms with Crippen LogP contribution in [0, 0.1) is 5.82 Å². The number of halogens is 1. The van der Waals surface area contributed by atoms with Gasteiger partial charge in [0.15, 0.2) is 0 Å². The average Bonchev–Trinajstić information content (AvgIpc) is 3.05. The Labute approximate surface area is 153 Å². The molecule has 4 rings (SSSR count). The lowest BCUT2D eigenvalue weighted by atomic mass is 10.1. The third kappa shape index (κ3) is 3.44. The van der Waals surface area contributed by atoms with Gasteiger partial charge in [0, 0.05) is 11.9 Å². The highest BCUT2D eigenvalue weighted by Gasteiger charge is 2.14. The van der Waals surface area contributed by atoms with Gasteiger partial charge in [-0.3, -0.25) is 14.2 Å². The van der Waals surface area contributed by atoms with Gasteiger partial charge in [0.25, 0.3) is 5.56 Å². The Hall–Kier alpha value is -3.48. The SMILES string of the molecule is O=C(Cn1cnc2c(oc3ccccc32)c1=O)NCCc1ccc(F)cc1. The molecule has 0 unspecified atom stereocenters. The topological polar surface area (TPSA) is 77.1 Å². The normalized spacial score (nSPS) is 11.1. The lowest BCUT2D eigenvalue weighted by molar-refractivity contribution is -0.121. The summed E-state index contributed by atoms with van der Waals surface area (Å²) < 4.78 is 19.7. The van der Waals surface area contributed by atoms with Crippen molar-refractivity contribution in [1.82, 2.24) is 14.9 Å². The minimum Gasteiger partial charge on any atom is -0.448 e. The zero-order valence-electron chi connectivity index (χ0n) is 14.3. The largest absolute Gasteiger partial charge is 0.448 e. The van der Waals surface area contributed by atoms with E-state index in [9.17, 15) is 14.0 Å². The van der Waals surface area contributed by atoms with Crippen LogP contribution in [0.4, 0.5) is 4.39 Å². The summed E-state index contributed by atoms with van der Waals surface area (Å²) in [6, 6.07) is 13.4. The summed E-state index contributed by atoms with van der Waals surface area (Å²) in [5, 5.41) is 3.51. The van der Waals surface area contributed by atoms with Crippen LogP contribution in [0.3, 0.4) is 0 Å². The predicted octanol–water partition coefficient (Wildman–Crippen LogP) is 2.64. The fraction of sp³-hybridized carbons (Fsp3) is 0.150. The number of nitrogens with one attached hydrogen (secondary N) is 1. The molecule has 0 fully saturated rings. The van der Waals surface area contributed by atoms with E-state index in [0.717, 1.165) is 10.9 Å². The van der Waals surface area contributed by atoms with Crippen molar-refractivity contribution in [3.63, 3.8) is 0 Å². The molecular weight excluding hydrogens is 349 g/mol. The standard InChI is InChI=1S/C20H16FN3O3/c21-14-7-5-13(6-8-14)9-10-22-17(25)11-24-12-23-18-15-3-1-2-4-16(15)27-19(18)20(24)26/h1-8,12H,9-11H2,(H,22,25). The number of fused-ring (bicyclic) bond motifs is 3. The van der Waals surface area contributed by atoms with Crippen molar-refractivity contribution in [2.24, 2.45) is 0 Å². The molecule has 1 amide bonds. The number of carbonyl (C=O) groups is 1. The minimum absolute atomic E-state index is 0.137. The first-order valence-corrected chi connectivity index (χ1v) is 8.49. The van der Waals surface area contributed by atoms with Crippen LogP contribution >= 0.6 is 0 Å². The molecule has 2 aromatic heterocycles. The molecule has 0 radical (unpaired) electrons. The van der Waals surface area contributed by atoms with Gasteiger partial charge in [-0.2, -0.15) is 0 Å². The van der Waals surface area contributed by atoms with Crippen molar-refractivity contribution < 1.29 is 13.6 Å². The number of carbonyl (C=O) groups excluding carboxylic acids is 1. The van der Waals surface area contributed by atoms with Gasteiger partial charge in [0.2, 0.25) is 11.5 Å². The molecular formula is C20H16FN3O3. The Balaban J connectivity index is 1.45. The number of nitrogens with zero attached hydrogens (tertiary/aromatic N) is 2. The van der Waals surface area contributed by atoms with Crippen LogP contribution in [0.1, 0.15) is 5.56 Å². The van der Waals surface area contributed by atoms with Gasteiger partial charge in [0.1, 0.15) is 23.5 Å². The van der Waals surface area contributed by atoms with E-state index in [0.29, 0.717) is 24.1 Å². The highest BCUT2D eigenvalue weighted by molar-refractivity contribution is 6.01. The van der Waals surface area contributed by atoms with Crippen LogP contribution in [0.2, 0.25) is 0 Å². The first kappa shape index (κ1) is 17.0. The fourth-order valence-corrected chi connectivity index (χ4v) is 2.94. The molecule has 0 atom stereocenters. The van der Waals surface area contributed by atoms with Crippen LogP contribution in [0.5, 0.6) is 0 Å². The van der Waals surface area contributed by atoms with Crippen LogP contribution in [0.15, 0.2) is 64.1 Å². The Morgan fingerprint density at radius 2 is 1.93 bits per heavy atom. The van der Waals surface area contributed by atoms with E-state index in [4.69, 9.17) is 4.42 Å². The van der Waals surface area contributed by atoms with Gasteiger partial charge < -0.3 is 9.73 Å². The van der Waals surface area contributed by atoms with Crippen LogP contribution in [-0.4, -0.2) is 22.0 Å². The summed E-state index contributed by atoms with van der Waals surface area (Å²) >= 11 is 0. The molecule has 0 spiro atoms. The summed E-state index contributed by atoms with van der Waals surface area (Å²) in [4.78, 5) is 29.0. The molecule has 7 heteroatoms. The molecule has 4 aromatic rings. The summed E-state index contributed by atoms with van der Waals surface area (Å²) in [6.07, 6.45) is 1.92. The number of hydrogen-bond donors (Lipinski definition) is 1. The second-order valence-electron chi connectivity index (χ2n) is 6.18. The van der Waals surface area contributed by atoms with Gasteiger partial charge in [-0.1, -0.05) is 24.3 Å². The maximum absolute atomic E-state index is 12.9. The molecule has 1 N–H and O–H groups in total. The Morgan fingerprint density at radius 1 is 1.15 bits per heavy atom. The molecule has 2 aromatic carbocycles. The minimum atomic E-state index is -0.398. The molecule has 0 aliphatic rings. The monoisotopic (exact) mass is 365 g/mol.